The van der Waals surface area contributed by atoms with Crippen molar-refractivity contribution < 1.29 is 26.6 Å². The number of carbonyl (C=O) groups excluding carboxylic acids is 1. The van der Waals surface area contributed by atoms with Gasteiger partial charge in [-0.25, -0.2) is 27.6 Å². The summed E-state index contributed by atoms with van der Waals surface area (Å²) >= 11 is 0.333. The molecule has 6 rings (SSSR count). The van der Waals surface area contributed by atoms with Gasteiger partial charge in [0.05, 0.1) is 29.2 Å². The van der Waals surface area contributed by atoms with Gasteiger partial charge in [0, 0.05) is 19.6 Å². The van der Waals surface area contributed by atoms with Crippen LogP contribution >= 0.6 is 11.3 Å². The predicted octanol–water partition coefficient (Wildman–Crippen LogP) is 5.02. The fourth-order valence-electron chi connectivity index (χ4n) is 5.85. The predicted molar refractivity (Wildman–Crippen MR) is 147 cm³/mol. The van der Waals surface area contributed by atoms with Gasteiger partial charge in [0.2, 0.25) is 5.78 Å². The van der Waals surface area contributed by atoms with Crippen LogP contribution in [0.3, 0.4) is 0 Å². The van der Waals surface area contributed by atoms with E-state index in [1.807, 2.05) is 13.0 Å². The summed E-state index contributed by atoms with van der Waals surface area (Å²) in [6.07, 6.45) is 2.41. The third-order valence-electron chi connectivity index (χ3n) is 7.79. The van der Waals surface area contributed by atoms with Crippen molar-refractivity contribution in [2.24, 2.45) is 12.5 Å². The number of halogens is 4. The van der Waals surface area contributed by atoms with Crippen LogP contribution in [-0.2, 0) is 30.6 Å². The molecule has 0 radical (unpaired) electrons. The summed E-state index contributed by atoms with van der Waals surface area (Å²) in [7, 11) is -0.0401. The first kappa shape index (κ1) is 28.6. The molecule has 220 valence electrons. The molecule has 3 unspecified atom stereocenters. The van der Waals surface area contributed by atoms with Crippen molar-refractivity contribution in [1.29, 1.82) is 0 Å². The zero-order valence-corrected chi connectivity index (χ0v) is 24.1. The Morgan fingerprint density at radius 2 is 1.98 bits per heavy atom. The lowest BCUT2D eigenvalue weighted by molar-refractivity contribution is -0.134. The summed E-state index contributed by atoms with van der Waals surface area (Å²) in [5, 5.41) is 8.60. The molecule has 1 aromatic carbocycles. The lowest BCUT2D eigenvalue weighted by Crippen LogP contribution is -2.49. The van der Waals surface area contributed by atoms with Crippen molar-refractivity contribution in [2.75, 3.05) is 6.54 Å². The molecule has 42 heavy (non-hydrogen) atoms. The minimum atomic E-state index is -4.62. The molecule has 9 nitrogen and oxygen atoms in total. The number of nitrogens with zero attached hydrogens (tertiary/aromatic N) is 7. The lowest BCUT2D eigenvalue weighted by Gasteiger charge is -2.45. The average molecular weight is 620 g/mol. The van der Waals surface area contributed by atoms with Crippen molar-refractivity contribution >= 4 is 34.2 Å². The summed E-state index contributed by atoms with van der Waals surface area (Å²) in [5.74, 6) is -0.890. The van der Waals surface area contributed by atoms with Crippen molar-refractivity contribution in [3.63, 3.8) is 0 Å². The first-order valence-electron chi connectivity index (χ1n) is 13.2. The second-order valence-corrected chi connectivity index (χ2v) is 12.7. The largest absolute Gasteiger partial charge is 0.427 e. The molecule has 3 atom stereocenters. The number of benzene rings is 1. The van der Waals surface area contributed by atoms with E-state index in [0.29, 0.717) is 42.6 Å². The van der Waals surface area contributed by atoms with Gasteiger partial charge in [0.1, 0.15) is 17.0 Å². The zero-order valence-electron chi connectivity index (χ0n) is 22.5. The summed E-state index contributed by atoms with van der Waals surface area (Å²) in [6.45, 7) is 2.23. The van der Waals surface area contributed by atoms with Crippen LogP contribution in [0.15, 0.2) is 53.7 Å². The number of ketones is 1. The highest BCUT2D eigenvalue weighted by Crippen LogP contribution is 2.52. The molecule has 1 saturated carbocycles. The molecule has 0 bridgehead atoms. The molecule has 0 spiro atoms. The fraction of sp³-hybridized carbons (Fsp3) is 0.370. The summed E-state index contributed by atoms with van der Waals surface area (Å²) in [6, 6.07) is 5.50. The number of fused-ring (bicyclic) bond motifs is 2. The number of hydrogen-bond donors (Lipinski definition) is 0. The Labute approximate surface area is 244 Å². The van der Waals surface area contributed by atoms with Crippen LogP contribution in [-0.4, -0.2) is 56.4 Å². The minimum absolute atomic E-state index is 0.141. The Balaban J connectivity index is 1.42. The lowest BCUT2D eigenvalue weighted by atomic mass is 9.61. The molecule has 0 saturated heterocycles. The molecule has 2 aliphatic rings. The molecule has 2 aliphatic carbocycles. The van der Waals surface area contributed by atoms with Crippen molar-refractivity contribution in [3.8, 4) is 5.69 Å². The topological polar surface area (TPSA) is 98.8 Å². The number of thiazole rings is 1. The summed E-state index contributed by atoms with van der Waals surface area (Å²) in [4.78, 5) is 21.4. The van der Waals surface area contributed by atoms with Gasteiger partial charge in [0.15, 0.2) is 16.0 Å². The Kier molecular flexibility index (Phi) is 7.22. The number of aryl methyl sites for hydroxylation is 1. The van der Waals surface area contributed by atoms with E-state index in [1.165, 1.54) is 23.1 Å². The van der Waals surface area contributed by atoms with E-state index in [0.717, 1.165) is 16.8 Å². The quantitative estimate of drug-likeness (QED) is 0.213. The monoisotopic (exact) mass is 619 g/mol. The average Bonchev–Trinajstić information content (AvgIpc) is 3.72. The molecule has 3 aromatic heterocycles. The molecule has 0 amide bonds. The third-order valence-corrected chi connectivity index (χ3v) is 10.3. The fourth-order valence-corrected chi connectivity index (χ4v) is 7.90. The Bertz CT molecular complexity index is 1710. The van der Waals surface area contributed by atoms with Crippen molar-refractivity contribution in [1.82, 2.24) is 33.8 Å². The maximum absolute atomic E-state index is 14.3. The molecule has 0 N–H and O–H groups in total. The van der Waals surface area contributed by atoms with E-state index in [4.69, 9.17) is 0 Å². The summed E-state index contributed by atoms with van der Waals surface area (Å²) in [5.41, 5.74) is 1.61. The zero-order chi connectivity index (χ0) is 29.8. The Hall–Kier alpha value is -3.56. The number of aromatic nitrogens is 6. The summed E-state index contributed by atoms with van der Waals surface area (Å²) < 4.78 is 72.3. The molecule has 0 aliphatic heterocycles. The minimum Gasteiger partial charge on any atom is -0.290 e. The Morgan fingerprint density at radius 1 is 1.21 bits per heavy atom. The van der Waals surface area contributed by atoms with Gasteiger partial charge in [-0.3, -0.25) is 9.48 Å². The van der Waals surface area contributed by atoms with Gasteiger partial charge >= 0.3 is 6.18 Å². The van der Waals surface area contributed by atoms with Gasteiger partial charge in [-0.1, -0.05) is 12.5 Å². The van der Waals surface area contributed by atoms with E-state index in [-0.39, 0.29) is 34.9 Å². The van der Waals surface area contributed by atoms with E-state index < -0.39 is 33.2 Å². The second-order valence-electron chi connectivity index (χ2n) is 10.3. The smallest absolute Gasteiger partial charge is 0.290 e. The van der Waals surface area contributed by atoms with E-state index in [9.17, 15) is 26.6 Å². The maximum atomic E-state index is 14.3. The second kappa shape index (κ2) is 10.6. The van der Waals surface area contributed by atoms with Gasteiger partial charge in [-0.05, 0) is 61.6 Å². The molecular weight excluding hydrogens is 594 g/mol. The number of Topliss-reactive ketones (excluding diaryl/α,β-unsaturated/α-hetero) is 1. The molecule has 4 aromatic rings. The van der Waals surface area contributed by atoms with Crippen LogP contribution in [0, 0.1) is 11.2 Å². The molecule has 15 heteroatoms. The maximum Gasteiger partial charge on any atom is 0.427 e. The van der Waals surface area contributed by atoms with Crippen LogP contribution in [0.1, 0.15) is 52.1 Å². The SMILES string of the molecule is CCN(C1CCC2=Cc3c(cnn3-c3ccc(F)cc3)CC2(C(=O)c2ncc(C(F)(F)F)s2)C1)S(=O)c1ncn(C)n1. The molecule has 1 fully saturated rings. The van der Waals surface area contributed by atoms with Crippen LogP contribution in [0.25, 0.3) is 11.8 Å². The van der Waals surface area contributed by atoms with Gasteiger partial charge < -0.3 is 0 Å². The first-order chi connectivity index (χ1) is 20.0. The highest BCUT2D eigenvalue weighted by atomic mass is 32.2. The van der Waals surface area contributed by atoms with E-state index in [1.54, 1.807) is 34.4 Å². The molecular formula is C27H25F4N7O2S2. The standard InChI is InChI=1S/C27H25F4N7O2S2/c1-3-37(42(40)25-33-15-36(2)35-25)20-7-4-17-10-21-16(13-34-38(21)19-8-5-18(28)6-9-19)11-26(17,12-20)23(39)24-32-14-22(41-24)27(29,30)31/h5-6,8-10,13-15,20H,3-4,7,11-12H2,1-2H3. The number of rotatable bonds is 7. The normalized spacial score (nSPS) is 21.1. The van der Waals surface area contributed by atoms with Crippen LogP contribution in [0.4, 0.5) is 17.6 Å². The molecule has 3 heterocycles. The Morgan fingerprint density at radius 3 is 2.62 bits per heavy atom. The van der Waals surface area contributed by atoms with Crippen molar-refractivity contribution in [3.05, 3.63) is 75.5 Å². The van der Waals surface area contributed by atoms with Crippen LogP contribution in [0.5, 0.6) is 0 Å². The van der Waals surface area contributed by atoms with E-state index >= 15 is 0 Å². The number of alkyl halides is 3. The van der Waals surface area contributed by atoms with Gasteiger partial charge in [0.25, 0.3) is 5.16 Å². The van der Waals surface area contributed by atoms with Gasteiger partial charge in [-0.2, -0.15) is 18.3 Å². The number of allylic oxidation sites excluding steroid dienone is 1. The van der Waals surface area contributed by atoms with E-state index in [2.05, 4.69) is 20.2 Å². The number of hydrogen-bond acceptors (Lipinski definition) is 7. The third kappa shape index (κ3) is 4.92. The highest BCUT2D eigenvalue weighted by molar-refractivity contribution is 7.82. The van der Waals surface area contributed by atoms with Crippen molar-refractivity contribution in [2.45, 2.75) is 50.0 Å². The number of carbonyl (C=O) groups is 1. The van der Waals surface area contributed by atoms with Crippen LogP contribution < -0.4 is 0 Å². The van der Waals surface area contributed by atoms with Gasteiger partial charge in [-0.15, -0.1) is 16.4 Å². The first-order valence-corrected chi connectivity index (χ1v) is 15.1. The van der Waals surface area contributed by atoms with Crippen LogP contribution in [0.2, 0.25) is 0 Å². The highest BCUT2D eigenvalue weighted by Gasteiger charge is 2.52.